The maximum Gasteiger partial charge on any atom is 0.223 e. The van der Waals surface area contributed by atoms with E-state index in [2.05, 4.69) is 56.9 Å². The van der Waals surface area contributed by atoms with E-state index in [1.54, 1.807) is 0 Å². The second kappa shape index (κ2) is 14.2. The molecule has 0 radical (unpaired) electrons. The lowest BCUT2D eigenvalue weighted by atomic mass is 9.83. The maximum atomic E-state index is 15.0. The molecule has 1 saturated carbocycles. The molecular formula is C30H47FN6O2. The Balaban J connectivity index is 1.23. The molecule has 9 heteroatoms. The molecule has 216 valence electrons. The number of nitrogens with zero attached hydrogens (tertiary/aromatic N) is 4. The molecule has 0 bridgehead atoms. The number of carbonyl (C=O) groups is 1. The number of nitrogens with one attached hydrogen (secondary N) is 2. The van der Waals surface area contributed by atoms with Crippen molar-refractivity contribution in [3.05, 3.63) is 35.8 Å². The molecule has 2 N–H and O–H groups in total. The highest BCUT2D eigenvalue weighted by atomic mass is 19.1. The molecule has 4 atom stereocenters. The van der Waals surface area contributed by atoms with E-state index in [0.29, 0.717) is 43.4 Å². The largest absolute Gasteiger partial charge is 0.374 e. The van der Waals surface area contributed by atoms with Crippen LogP contribution in [0.25, 0.3) is 0 Å². The number of halogens is 1. The van der Waals surface area contributed by atoms with Gasteiger partial charge in [0, 0.05) is 63.1 Å². The number of carbonyl (C=O) groups excluding carboxylic acids is 1. The molecule has 39 heavy (non-hydrogen) atoms. The molecule has 0 spiro atoms. The van der Waals surface area contributed by atoms with Crippen molar-refractivity contribution >= 4 is 18.1 Å². The van der Waals surface area contributed by atoms with E-state index in [-0.39, 0.29) is 29.6 Å². The van der Waals surface area contributed by atoms with Crippen LogP contribution in [0.15, 0.2) is 45.8 Å². The van der Waals surface area contributed by atoms with E-state index in [9.17, 15) is 4.79 Å². The third kappa shape index (κ3) is 8.48. The fourth-order valence-electron chi connectivity index (χ4n) is 5.53. The summed E-state index contributed by atoms with van der Waals surface area (Å²) in [5, 5.41) is 6.47. The minimum atomic E-state index is -0.632. The molecule has 2 fully saturated rings. The normalized spacial score (nSPS) is 27.3. The van der Waals surface area contributed by atoms with E-state index in [4.69, 9.17) is 4.74 Å². The lowest BCUT2D eigenvalue weighted by Gasteiger charge is -2.36. The van der Waals surface area contributed by atoms with Gasteiger partial charge in [0.15, 0.2) is 0 Å². The molecule has 1 saturated heterocycles. The van der Waals surface area contributed by atoms with Gasteiger partial charge in [-0.1, -0.05) is 19.1 Å². The second-order valence-corrected chi connectivity index (χ2v) is 11.3. The van der Waals surface area contributed by atoms with E-state index in [1.807, 2.05) is 12.3 Å². The van der Waals surface area contributed by atoms with Crippen molar-refractivity contribution in [3.8, 4) is 0 Å². The fourth-order valence-corrected chi connectivity index (χ4v) is 5.53. The highest BCUT2D eigenvalue weighted by Crippen LogP contribution is 2.36. The number of rotatable bonds is 12. The maximum absolute atomic E-state index is 15.0. The smallest absolute Gasteiger partial charge is 0.223 e. The molecule has 0 aromatic carbocycles. The third-order valence-electron chi connectivity index (χ3n) is 8.48. The summed E-state index contributed by atoms with van der Waals surface area (Å²) in [6.07, 6.45) is 10.6. The summed E-state index contributed by atoms with van der Waals surface area (Å²) in [7, 11) is 1.52. The number of likely N-dealkylation sites (N-methyl/N-ethyl adjacent to an activating group) is 1. The lowest BCUT2D eigenvalue weighted by Crippen LogP contribution is -2.45. The average Bonchev–Trinajstić information content (AvgIpc) is 3.79. The lowest BCUT2D eigenvalue weighted by molar-refractivity contribution is -0.126. The van der Waals surface area contributed by atoms with Gasteiger partial charge in [0.05, 0.1) is 12.6 Å². The number of aliphatic imine (C=N–C) groups is 2. The van der Waals surface area contributed by atoms with Crippen LogP contribution in [-0.2, 0) is 9.53 Å². The standard InChI is InChI=1S/C30H47FN6O2/c1-5-25(10-7-21(3)37-15-13-36(6-2)14-16-37)35-30-32-19-22(20-33-30)8-9-23-17-24(18-27(39-4)28(23)31)29(38)34-26-11-12-26/h5,7,19,22,24-27H,1,6,8-18,20H2,2-4H3,(H,33,35)(H,34,38)/b21-7+/t22-,24-,25?,27-/m1/s1. The molecule has 2 aliphatic carbocycles. The van der Waals surface area contributed by atoms with E-state index in [1.165, 1.54) is 12.8 Å². The average molecular weight is 543 g/mol. The minimum absolute atomic E-state index is 0.0324. The van der Waals surface area contributed by atoms with Crippen molar-refractivity contribution < 1.29 is 13.9 Å². The summed E-state index contributed by atoms with van der Waals surface area (Å²) in [6.45, 7) is 14.5. The van der Waals surface area contributed by atoms with E-state index >= 15 is 4.39 Å². The Morgan fingerprint density at radius 2 is 2.08 bits per heavy atom. The van der Waals surface area contributed by atoms with Gasteiger partial charge in [0.25, 0.3) is 0 Å². The molecular weight excluding hydrogens is 495 g/mol. The summed E-state index contributed by atoms with van der Waals surface area (Å²) >= 11 is 0. The number of guanidine groups is 1. The third-order valence-corrected chi connectivity index (χ3v) is 8.48. The van der Waals surface area contributed by atoms with Crippen LogP contribution in [0.2, 0.25) is 0 Å². The van der Waals surface area contributed by atoms with Crippen molar-refractivity contribution in [2.75, 3.05) is 46.4 Å². The zero-order chi connectivity index (χ0) is 27.8. The molecule has 8 nitrogen and oxygen atoms in total. The Labute approximate surface area is 233 Å². The molecule has 4 rings (SSSR count). The fraction of sp³-hybridized carbons (Fsp3) is 0.700. The molecule has 2 aliphatic heterocycles. The van der Waals surface area contributed by atoms with Crippen LogP contribution in [-0.4, -0.2) is 92.4 Å². The van der Waals surface area contributed by atoms with Gasteiger partial charge in [-0.2, -0.15) is 0 Å². The Hall–Kier alpha value is -2.52. The van der Waals surface area contributed by atoms with Gasteiger partial charge in [0.2, 0.25) is 11.9 Å². The predicted octanol–water partition coefficient (Wildman–Crippen LogP) is 3.83. The van der Waals surface area contributed by atoms with Gasteiger partial charge in [-0.3, -0.25) is 9.79 Å². The zero-order valence-electron chi connectivity index (χ0n) is 24.0. The zero-order valence-corrected chi connectivity index (χ0v) is 24.0. The van der Waals surface area contributed by atoms with Crippen LogP contribution in [0.3, 0.4) is 0 Å². The van der Waals surface area contributed by atoms with E-state index < -0.39 is 6.10 Å². The van der Waals surface area contributed by atoms with Crippen LogP contribution in [0.4, 0.5) is 4.39 Å². The summed E-state index contributed by atoms with van der Waals surface area (Å²) < 4.78 is 20.4. The first-order chi connectivity index (χ1) is 18.9. The van der Waals surface area contributed by atoms with Crippen LogP contribution in [0.1, 0.15) is 58.8 Å². The minimum Gasteiger partial charge on any atom is -0.374 e. The number of amides is 1. The molecule has 0 aromatic rings. The summed E-state index contributed by atoms with van der Waals surface area (Å²) in [6, 6.07) is 0.356. The Bertz CT molecular complexity index is 980. The van der Waals surface area contributed by atoms with Gasteiger partial charge in [-0.25, -0.2) is 9.38 Å². The number of hydrogen-bond acceptors (Lipinski definition) is 7. The molecule has 1 amide bonds. The summed E-state index contributed by atoms with van der Waals surface area (Å²) in [5.74, 6) is 0.371. The van der Waals surface area contributed by atoms with Gasteiger partial charge < -0.3 is 25.2 Å². The number of allylic oxidation sites excluding steroid dienone is 2. The Kier molecular flexibility index (Phi) is 10.7. The highest BCUT2D eigenvalue weighted by molar-refractivity contribution is 5.90. The SMILES string of the molecule is C=CC(C/C=C(\C)N1CCN(CC)CC1)NC1=NC[C@H](CCC2=C(F)[C@H](OC)C[C@H](C(=O)NC3CC3)C2)C=N1. The number of ether oxygens (including phenoxy) is 1. The Morgan fingerprint density at radius 3 is 2.69 bits per heavy atom. The number of piperazine rings is 1. The first kappa shape index (κ1) is 29.5. The number of methoxy groups -OCH3 is 1. The van der Waals surface area contributed by atoms with Gasteiger partial charge in [-0.05, 0) is 64.0 Å². The first-order valence-corrected chi connectivity index (χ1v) is 14.7. The van der Waals surface area contributed by atoms with E-state index in [0.717, 1.165) is 58.4 Å². The molecule has 1 unspecified atom stereocenters. The van der Waals surface area contributed by atoms with Crippen LogP contribution >= 0.6 is 0 Å². The first-order valence-electron chi connectivity index (χ1n) is 14.7. The molecule has 2 heterocycles. The summed E-state index contributed by atoms with van der Waals surface area (Å²) in [5.41, 5.74) is 2.01. The molecule has 4 aliphatic rings. The van der Waals surface area contributed by atoms with Crippen molar-refractivity contribution in [1.29, 1.82) is 0 Å². The van der Waals surface area contributed by atoms with Crippen molar-refractivity contribution in [1.82, 2.24) is 20.4 Å². The quantitative estimate of drug-likeness (QED) is 0.367. The van der Waals surface area contributed by atoms with Gasteiger partial charge in [-0.15, -0.1) is 6.58 Å². The number of hydrogen-bond donors (Lipinski definition) is 2. The topological polar surface area (TPSA) is 81.6 Å². The van der Waals surface area contributed by atoms with Crippen LogP contribution in [0.5, 0.6) is 0 Å². The van der Waals surface area contributed by atoms with Gasteiger partial charge >= 0.3 is 0 Å². The molecule has 0 aromatic heterocycles. The second-order valence-electron chi connectivity index (χ2n) is 11.3. The van der Waals surface area contributed by atoms with Crippen LogP contribution in [0, 0.1) is 11.8 Å². The highest BCUT2D eigenvalue weighted by Gasteiger charge is 2.35. The van der Waals surface area contributed by atoms with Gasteiger partial charge in [0.1, 0.15) is 11.9 Å². The predicted molar refractivity (Wildman–Crippen MR) is 156 cm³/mol. The van der Waals surface area contributed by atoms with Crippen molar-refractivity contribution in [2.45, 2.75) is 77.0 Å². The van der Waals surface area contributed by atoms with Crippen LogP contribution < -0.4 is 10.6 Å². The Morgan fingerprint density at radius 1 is 1.31 bits per heavy atom. The van der Waals surface area contributed by atoms with Crippen molar-refractivity contribution in [2.24, 2.45) is 21.8 Å². The van der Waals surface area contributed by atoms with Crippen molar-refractivity contribution in [3.63, 3.8) is 0 Å². The monoisotopic (exact) mass is 542 g/mol. The summed E-state index contributed by atoms with van der Waals surface area (Å²) in [4.78, 5) is 26.8.